The van der Waals surface area contributed by atoms with Crippen LogP contribution in [0.5, 0.6) is 0 Å². The van der Waals surface area contributed by atoms with Crippen LogP contribution in [0.2, 0.25) is 0 Å². The zero-order valence-electron chi connectivity index (χ0n) is 19.3. The maximum atomic E-state index is 12.6. The smallest absolute Gasteiger partial charge is 0.407 e. The highest BCUT2D eigenvalue weighted by Crippen LogP contribution is 2.44. The number of alkyl carbamates (subject to hydrolysis) is 1. The first-order valence-electron chi connectivity index (χ1n) is 10.9. The van der Waals surface area contributed by atoms with Gasteiger partial charge < -0.3 is 15.2 Å². The van der Waals surface area contributed by atoms with Gasteiger partial charge in [0.05, 0.1) is 0 Å². The minimum Gasteiger partial charge on any atom is -0.479 e. The van der Waals surface area contributed by atoms with Gasteiger partial charge >= 0.3 is 12.1 Å². The summed E-state index contributed by atoms with van der Waals surface area (Å²) in [5, 5.41) is 11.5. The fourth-order valence-electron chi connectivity index (χ4n) is 3.87. The first-order valence-corrected chi connectivity index (χ1v) is 10.9. The molecule has 0 saturated carbocycles. The molecule has 8 nitrogen and oxygen atoms in total. The van der Waals surface area contributed by atoms with Crippen LogP contribution < -0.4 is 10.8 Å². The van der Waals surface area contributed by atoms with E-state index >= 15 is 0 Å². The van der Waals surface area contributed by atoms with Gasteiger partial charge in [0.2, 0.25) is 0 Å². The summed E-state index contributed by atoms with van der Waals surface area (Å²) in [4.78, 5) is 41.0. The Morgan fingerprint density at radius 1 is 1.00 bits per heavy atom. The standard InChI is InChI=1S/C25H30N2O6/c1-15(23(29)30)33-27-22(28)21(13-25(2,3)4)26-24(31)32-14-20-18-11-7-5-9-16(18)17-10-6-8-12-19(17)20/h5-12,15,20-21H,13-14H2,1-4H3,(H,26,31)(H,27,28)(H,29,30). The number of rotatable bonds is 8. The molecule has 0 aromatic heterocycles. The van der Waals surface area contributed by atoms with Crippen LogP contribution in [0.1, 0.15) is 51.2 Å². The normalized spacial score (nSPS) is 14.5. The average molecular weight is 455 g/mol. The third-order valence-corrected chi connectivity index (χ3v) is 5.45. The predicted molar refractivity (Wildman–Crippen MR) is 122 cm³/mol. The Hall–Kier alpha value is -3.39. The first kappa shape index (κ1) is 24.3. The van der Waals surface area contributed by atoms with E-state index in [-0.39, 0.29) is 17.9 Å². The number of carbonyl (C=O) groups excluding carboxylic acids is 2. The zero-order valence-corrected chi connectivity index (χ0v) is 19.3. The maximum absolute atomic E-state index is 12.6. The van der Waals surface area contributed by atoms with Gasteiger partial charge in [-0.05, 0) is 41.0 Å². The third kappa shape index (κ3) is 6.10. The van der Waals surface area contributed by atoms with Crippen molar-refractivity contribution in [2.75, 3.05) is 6.61 Å². The lowest BCUT2D eigenvalue weighted by atomic mass is 9.88. The average Bonchev–Trinajstić information content (AvgIpc) is 3.08. The Balaban J connectivity index is 1.66. The van der Waals surface area contributed by atoms with Crippen molar-refractivity contribution in [3.8, 4) is 11.1 Å². The number of hydrogen-bond donors (Lipinski definition) is 3. The van der Waals surface area contributed by atoms with Crippen LogP contribution in [0.15, 0.2) is 48.5 Å². The van der Waals surface area contributed by atoms with Gasteiger partial charge in [-0.3, -0.25) is 9.63 Å². The van der Waals surface area contributed by atoms with Crippen LogP contribution >= 0.6 is 0 Å². The highest BCUT2D eigenvalue weighted by Gasteiger charge is 2.31. The molecule has 2 atom stereocenters. The number of nitrogens with one attached hydrogen (secondary N) is 2. The van der Waals surface area contributed by atoms with E-state index < -0.39 is 30.1 Å². The lowest BCUT2D eigenvalue weighted by Crippen LogP contribution is -2.49. The number of amides is 2. The molecule has 2 amide bonds. The van der Waals surface area contributed by atoms with E-state index in [1.807, 2.05) is 57.2 Å². The number of benzene rings is 2. The van der Waals surface area contributed by atoms with Crippen molar-refractivity contribution < 1.29 is 29.1 Å². The molecule has 8 heteroatoms. The molecule has 0 fully saturated rings. The summed E-state index contributed by atoms with van der Waals surface area (Å²) in [7, 11) is 0. The summed E-state index contributed by atoms with van der Waals surface area (Å²) >= 11 is 0. The van der Waals surface area contributed by atoms with Gasteiger partial charge in [0.1, 0.15) is 12.6 Å². The van der Waals surface area contributed by atoms with Gasteiger partial charge in [-0.1, -0.05) is 69.3 Å². The minimum atomic E-state index is -1.22. The molecule has 0 spiro atoms. The zero-order chi connectivity index (χ0) is 24.2. The molecule has 3 rings (SSSR count). The van der Waals surface area contributed by atoms with Crippen molar-refractivity contribution in [1.29, 1.82) is 0 Å². The lowest BCUT2D eigenvalue weighted by Gasteiger charge is -2.26. The molecular weight excluding hydrogens is 424 g/mol. The first-order chi connectivity index (χ1) is 15.6. The molecule has 176 valence electrons. The molecule has 33 heavy (non-hydrogen) atoms. The van der Waals surface area contributed by atoms with Gasteiger partial charge in [-0.15, -0.1) is 0 Å². The molecule has 3 N–H and O–H groups in total. The van der Waals surface area contributed by atoms with E-state index in [9.17, 15) is 14.4 Å². The van der Waals surface area contributed by atoms with E-state index in [2.05, 4.69) is 22.9 Å². The van der Waals surface area contributed by atoms with Crippen molar-refractivity contribution >= 4 is 18.0 Å². The highest BCUT2D eigenvalue weighted by molar-refractivity contribution is 5.85. The second-order valence-electron chi connectivity index (χ2n) is 9.35. The quantitative estimate of drug-likeness (QED) is 0.522. The van der Waals surface area contributed by atoms with Gasteiger partial charge in [-0.2, -0.15) is 0 Å². The van der Waals surface area contributed by atoms with Gasteiger partial charge in [0.15, 0.2) is 6.10 Å². The van der Waals surface area contributed by atoms with Gasteiger partial charge in [0.25, 0.3) is 5.91 Å². The van der Waals surface area contributed by atoms with Crippen LogP contribution in [-0.2, 0) is 19.2 Å². The second kappa shape index (κ2) is 10.0. The molecular formula is C25H30N2O6. The van der Waals surface area contributed by atoms with Crippen molar-refractivity contribution in [1.82, 2.24) is 10.8 Å². The fourth-order valence-corrected chi connectivity index (χ4v) is 3.87. The molecule has 0 bridgehead atoms. The van der Waals surface area contributed by atoms with Crippen molar-refractivity contribution in [2.24, 2.45) is 5.41 Å². The van der Waals surface area contributed by atoms with Crippen LogP contribution in [0.4, 0.5) is 4.79 Å². The number of carbonyl (C=O) groups is 3. The van der Waals surface area contributed by atoms with E-state index in [0.29, 0.717) is 6.42 Å². The third-order valence-electron chi connectivity index (χ3n) is 5.45. The Morgan fingerprint density at radius 3 is 2.06 bits per heavy atom. The number of carboxylic acid groups (broad SMARTS) is 1. The predicted octanol–water partition coefficient (Wildman–Crippen LogP) is 3.85. The SMILES string of the molecule is CC(ONC(=O)C(CC(C)(C)C)NC(=O)OCC1c2ccccc2-c2ccccc21)C(=O)O. The number of hydroxylamine groups is 1. The second-order valence-corrected chi connectivity index (χ2v) is 9.35. The number of ether oxygens (including phenoxy) is 1. The summed E-state index contributed by atoms with van der Waals surface area (Å²) in [5.74, 6) is -1.96. The molecule has 0 heterocycles. The monoisotopic (exact) mass is 454 g/mol. The summed E-state index contributed by atoms with van der Waals surface area (Å²) in [5.41, 5.74) is 6.25. The fraction of sp³-hybridized carbons (Fsp3) is 0.400. The number of aliphatic carboxylic acids is 1. The molecule has 1 aliphatic rings. The van der Waals surface area contributed by atoms with Crippen molar-refractivity contribution in [3.63, 3.8) is 0 Å². The Kier molecular flexibility index (Phi) is 7.38. The molecule has 2 aromatic carbocycles. The molecule has 2 aromatic rings. The van der Waals surface area contributed by atoms with Crippen LogP contribution in [0.3, 0.4) is 0 Å². The Morgan fingerprint density at radius 2 is 1.55 bits per heavy atom. The molecule has 0 saturated heterocycles. The summed E-state index contributed by atoms with van der Waals surface area (Å²) in [6, 6.07) is 15.1. The number of fused-ring (bicyclic) bond motifs is 3. The van der Waals surface area contributed by atoms with Crippen LogP contribution in [-0.4, -0.2) is 41.8 Å². The Labute approximate surface area is 193 Å². The lowest BCUT2D eigenvalue weighted by molar-refractivity contribution is -0.159. The molecule has 2 unspecified atom stereocenters. The van der Waals surface area contributed by atoms with E-state index in [1.165, 1.54) is 6.92 Å². The van der Waals surface area contributed by atoms with Gasteiger partial charge in [0, 0.05) is 5.92 Å². The van der Waals surface area contributed by atoms with E-state index in [1.54, 1.807) is 0 Å². The summed E-state index contributed by atoms with van der Waals surface area (Å²) < 4.78 is 5.53. The minimum absolute atomic E-state index is 0.0993. The van der Waals surface area contributed by atoms with E-state index in [0.717, 1.165) is 22.3 Å². The number of carboxylic acids is 1. The molecule has 0 radical (unpaired) electrons. The topological polar surface area (TPSA) is 114 Å². The summed E-state index contributed by atoms with van der Waals surface area (Å²) in [6.45, 7) is 7.19. The van der Waals surface area contributed by atoms with E-state index in [4.69, 9.17) is 14.7 Å². The van der Waals surface area contributed by atoms with Crippen molar-refractivity contribution in [2.45, 2.75) is 52.2 Å². The summed E-state index contributed by atoms with van der Waals surface area (Å²) in [6.07, 6.45) is -1.65. The highest BCUT2D eigenvalue weighted by atomic mass is 16.7. The molecule has 0 aliphatic heterocycles. The van der Waals surface area contributed by atoms with Crippen molar-refractivity contribution in [3.05, 3.63) is 59.7 Å². The van der Waals surface area contributed by atoms with Gasteiger partial charge in [-0.25, -0.2) is 15.1 Å². The molecule has 1 aliphatic carbocycles. The number of hydrogen-bond acceptors (Lipinski definition) is 5. The Bertz CT molecular complexity index is 984. The van der Waals surface area contributed by atoms with Crippen LogP contribution in [0.25, 0.3) is 11.1 Å². The largest absolute Gasteiger partial charge is 0.479 e. The maximum Gasteiger partial charge on any atom is 0.407 e. The van der Waals surface area contributed by atoms with Crippen LogP contribution in [0, 0.1) is 5.41 Å².